The summed E-state index contributed by atoms with van der Waals surface area (Å²) in [6.07, 6.45) is 3.98. The average molecular weight is 376 g/mol. The normalized spacial score (nSPS) is 23.0. The summed E-state index contributed by atoms with van der Waals surface area (Å²) in [5, 5.41) is 0. The topological polar surface area (TPSA) is 49.9 Å². The van der Waals surface area contributed by atoms with Gasteiger partial charge in [0.1, 0.15) is 12.4 Å². The summed E-state index contributed by atoms with van der Waals surface area (Å²) in [4.78, 5) is 28.4. The first-order chi connectivity index (χ1) is 12.9. The minimum absolute atomic E-state index is 0.0604. The Morgan fingerprint density at radius 3 is 2.56 bits per heavy atom. The Balaban J connectivity index is 1.46. The second kappa shape index (κ2) is 8.48. The SMILES string of the molecule is CCC1N(C)C(=O)COC12CCN(CCCC(=O)c1ccc(F)cc1)CC2. The third kappa shape index (κ3) is 4.38. The maximum absolute atomic E-state index is 12.9. The molecule has 0 aliphatic carbocycles. The van der Waals surface area contributed by atoms with Gasteiger partial charge in [0.2, 0.25) is 5.91 Å². The Labute approximate surface area is 160 Å². The lowest BCUT2D eigenvalue weighted by Gasteiger charge is -2.51. The van der Waals surface area contributed by atoms with Crippen molar-refractivity contribution in [3.8, 4) is 0 Å². The standard InChI is InChI=1S/C21H29FN2O3/c1-3-19-21(27-15-20(26)23(19)2)10-13-24(14-11-21)12-4-5-18(25)16-6-8-17(22)9-7-16/h6-9,19H,3-5,10-15H2,1-2H3. The number of piperidine rings is 1. The number of Topliss-reactive ketones (excluding diaryl/α,β-unsaturated/α-hetero) is 1. The third-order valence-corrected chi connectivity index (χ3v) is 6.08. The average Bonchev–Trinajstić information content (AvgIpc) is 2.67. The van der Waals surface area contributed by atoms with E-state index in [-0.39, 0.29) is 35.8 Å². The van der Waals surface area contributed by atoms with Crippen molar-refractivity contribution in [3.63, 3.8) is 0 Å². The lowest BCUT2D eigenvalue weighted by atomic mass is 9.80. The molecule has 6 heteroatoms. The van der Waals surface area contributed by atoms with Crippen LogP contribution in [0.2, 0.25) is 0 Å². The van der Waals surface area contributed by atoms with Crippen molar-refractivity contribution >= 4 is 11.7 Å². The monoisotopic (exact) mass is 376 g/mol. The van der Waals surface area contributed by atoms with Crippen LogP contribution < -0.4 is 0 Å². The molecule has 5 nitrogen and oxygen atoms in total. The summed E-state index contributed by atoms with van der Waals surface area (Å²) >= 11 is 0. The van der Waals surface area contributed by atoms with Crippen molar-refractivity contribution < 1.29 is 18.7 Å². The van der Waals surface area contributed by atoms with Gasteiger partial charge in [-0.05, 0) is 56.5 Å². The maximum atomic E-state index is 12.9. The highest BCUT2D eigenvalue weighted by molar-refractivity contribution is 5.95. The molecule has 1 aromatic rings. The molecule has 2 saturated heterocycles. The van der Waals surface area contributed by atoms with Gasteiger partial charge in [0, 0.05) is 32.1 Å². The predicted molar refractivity (Wildman–Crippen MR) is 101 cm³/mol. The van der Waals surface area contributed by atoms with Gasteiger partial charge in [-0.3, -0.25) is 9.59 Å². The van der Waals surface area contributed by atoms with Crippen LogP contribution >= 0.6 is 0 Å². The summed E-state index contributed by atoms with van der Waals surface area (Å²) in [5.74, 6) is -0.198. The third-order valence-electron chi connectivity index (χ3n) is 6.08. The molecule has 2 aliphatic rings. The van der Waals surface area contributed by atoms with Crippen molar-refractivity contribution in [2.45, 2.75) is 50.7 Å². The van der Waals surface area contributed by atoms with E-state index in [0.29, 0.717) is 12.0 Å². The summed E-state index contributed by atoms with van der Waals surface area (Å²) in [5.41, 5.74) is 0.348. The van der Waals surface area contributed by atoms with Crippen molar-refractivity contribution in [3.05, 3.63) is 35.6 Å². The second-order valence-electron chi connectivity index (χ2n) is 7.66. The maximum Gasteiger partial charge on any atom is 0.248 e. The number of carbonyl (C=O) groups excluding carboxylic acids is 2. The van der Waals surface area contributed by atoms with Gasteiger partial charge in [-0.25, -0.2) is 4.39 Å². The van der Waals surface area contributed by atoms with Gasteiger partial charge in [-0.1, -0.05) is 6.92 Å². The number of hydrogen-bond donors (Lipinski definition) is 0. The molecule has 3 rings (SSSR count). The number of nitrogens with zero attached hydrogens (tertiary/aromatic N) is 2. The number of benzene rings is 1. The molecule has 0 N–H and O–H groups in total. The molecule has 2 aliphatic heterocycles. The van der Waals surface area contributed by atoms with Gasteiger partial charge < -0.3 is 14.5 Å². The molecule has 1 unspecified atom stereocenters. The van der Waals surface area contributed by atoms with E-state index >= 15 is 0 Å². The minimum atomic E-state index is -0.323. The van der Waals surface area contributed by atoms with E-state index in [0.717, 1.165) is 45.3 Å². The van der Waals surface area contributed by atoms with Gasteiger partial charge >= 0.3 is 0 Å². The fourth-order valence-electron chi connectivity index (χ4n) is 4.45. The molecule has 27 heavy (non-hydrogen) atoms. The van der Waals surface area contributed by atoms with Crippen LogP contribution in [0.15, 0.2) is 24.3 Å². The van der Waals surface area contributed by atoms with E-state index in [9.17, 15) is 14.0 Å². The summed E-state index contributed by atoms with van der Waals surface area (Å²) in [6.45, 7) is 5.00. The quantitative estimate of drug-likeness (QED) is 0.717. The van der Waals surface area contributed by atoms with Crippen LogP contribution in [0.5, 0.6) is 0 Å². The number of carbonyl (C=O) groups is 2. The number of morpholine rings is 1. The summed E-state index contributed by atoms with van der Waals surface area (Å²) in [6, 6.07) is 5.89. The Morgan fingerprint density at radius 2 is 1.93 bits per heavy atom. The zero-order chi connectivity index (χ0) is 19.4. The zero-order valence-corrected chi connectivity index (χ0v) is 16.2. The van der Waals surface area contributed by atoms with Gasteiger partial charge in [-0.15, -0.1) is 0 Å². The lowest BCUT2D eigenvalue weighted by Crippen LogP contribution is -2.63. The van der Waals surface area contributed by atoms with Crippen LogP contribution in [0.4, 0.5) is 4.39 Å². The number of ketones is 1. The van der Waals surface area contributed by atoms with E-state index in [2.05, 4.69) is 11.8 Å². The van der Waals surface area contributed by atoms with Gasteiger partial charge in [0.15, 0.2) is 5.78 Å². The van der Waals surface area contributed by atoms with E-state index < -0.39 is 0 Å². The molecule has 1 atom stereocenters. The summed E-state index contributed by atoms with van der Waals surface area (Å²) < 4.78 is 19.0. The smallest absolute Gasteiger partial charge is 0.248 e. The predicted octanol–water partition coefficient (Wildman–Crippen LogP) is 2.89. The van der Waals surface area contributed by atoms with E-state index in [1.807, 2.05) is 11.9 Å². The Kier molecular flexibility index (Phi) is 6.27. The van der Waals surface area contributed by atoms with Crippen molar-refractivity contribution in [1.29, 1.82) is 0 Å². The summed E-state index contributed by atoms with van der Waals surface area (Å²) in [7, 11) is 1.88. The second-order valence-corrected chi connectivity index (χ2v) is 7.66. The number of hydrogen-bond acceptors (Lipinski definition) is 4. The van der Waals surface area contributed by atoms with Crippen LogP contribution in [0, 0.1) is 5.82 Å². The van der Waals surface area contributed by atoms with E-state index in [1.165, 1.54) is 12.1 Å². The molecule has 2 fully saturated rings. The molecule has 1 spiro atoms. The van der Waals surface area contributed by atoms with Crippen LogP contribution in [0.3, 0.4) is 0 Å². The number of rotatable bonds is 6. The number of amides is 1. The Morgan fingerprint density at radius 1 is 1.26 bits per heavy atom. The molecular weight excluding hydrogens is 347 g/mol. The molecule has 148 valence electrons. The lowest BCUT2D eigenvalue weighted by molar-refractivity contribution is -0.186. The van der Waals surface area contributed by atoms with Crippen LogP contribution in [0.25, 0.3) is 0 Å². The molecule has 2 heterocycles. The number of likely N-dealkylation sites (N-methyl/N-ethyl adjacent to an activating group) is 1. The number of likely N-dealkylation sites (tertiary alicyclic amines) is 1. The van der Waals surface area contributed by atoms with Crippen LogP contribution in [-0.4, -0.2) is 66.4 Å². The van der Waals surface area contributed by atoms with Gasteiger partial charge in [0.05, 0.1) is 11.6 Å². The van der Waals surface area contributed by atoms with Crippen molar-refractivity contribution in [2.24, 2.45) is 0 Å². The Bertz CT molecular complexity index is 669. The molecule has 0 radical (unpaired) electrons. The van der Waals surface area contributed by atoms with E-state index in [1.54, 1.807) is 12.1 Å². The first-order valence-electron chi connectivity index (χ1n) is 9.86. The van der Waals surface area contributed by atoms with Crippen LogP contribution in [-0.2, 0) is 9.53 Å². The molecule has 1 aromatic carbocycles. The van der Waals surface area contributed by atoms with Crippen molar-refractivity contribution in [2.75, 3.05) is 33.3 Å². The van der Waals surface area contributed by atoms with Gasteiger partial charge in [0.25, 0.3) is 0 Å². The van der Waals surface area contributed by atoms with Crippen LogP contribution in [0.1, 0.15) is 49.4 Å². The molecule has 0 aromatic heterocycles. The fourth-order valence-corrected chi connectivity index (χ4v) is 4.45. The fraction of sp³-hybridized carbons (Fsp3) is 0.619. The molecule has 0 saturated carbocycles. The minimum Gasteiger partial charge on any atom is -0.363 e. The first-order valence-corrected chi connectivity index (χ1v) is 9.86. The largest absolute Gasteiger partial charge is 0.363 e. The highest BCUT2D eigenvalue weighted by atomic mass is 19.1. The molecule has 0 bridgehead atoms. The number of halogens is 1. The van der Waals surface area contributed by atoms with E-state index in [4.69, 9.17) is 4.74 Å². The van der Waals surface area contributed by atoms with Crippen molar-refractivity contribution in [1.82, 2.24) is 9.80 Å². The first kappa shape index (κ1) is 20.0. The number of ether oxygens (including phenoxy) is 1. The molecular formula is C21H29FN2O3. The highest BCUT2D eigenvalue weighted by Crippen LogP contribution is 2.36. The zero-order valence-electron chi connectivity index (χ0n) is 16.2. The molecule has 1 amide bonds. The van der Waals surface area contributed by atoms with Gasteiger partial charge in [-0.2, -0.15) is 0 Å². The Hall–Kier alpha value is -1.79. The highest BCUT2D eigenvalue weighted by Gasteiger charge is 2.47.